The maximum Gasteiger partial charge on any atom is 0.00697 e. The van der Waals surface area contributed by atoms with E-state index in [0.717, 1.165) is 12.0 Å². The molecule has 0 saturated heterocycles. The van der Waals surface area contributed by atoms with E-state index in [0.29, 0.717) is 0 Å². The molecule has 0 aromatic rings. The van der Waals surface area contributed by atoms with Gasteiger partial charge in [0.15, 0.2) is 0 Å². The molecule has 2 unspecified atom stereocenters. The number of hydrogen-bond donors (Lipinski definition) is 1. The van der Waals surface area contributed by atoms with E-state index in [2.05, 4.69) is 31.2 Å². The van der Waals surface area contributed by atoms with Crippen LogP contribution in [0.2, 0.25) is 0 Å². The second kappa shape index (κ2) is 8.08. The predicted octanol–water partition coefficient (Wildman–Crippen LogP) is 2.89. The molecule has 0 spiro atoms. The molecule has 1 rings (SSSR count). The lowest BCUT2D eigenvalue weighted by Gasteiger charge is -2.29. The Hall–Kier alpha value is -0.0800. The molecule has 1 aliphatic carbocycles. The Bertz CT molecular complexity index is 168. The molecule has 2 nitrogen and oxygen atoms in total. The van der Waals surface area contributed by atoms with Gasteiger partial charge in [-0.25, -0.2) is 0 Å². The molecule has 0 amide bonds. The first-order chi connectivity index (χ1) is 7.72. The van der Waals surface area contributed by atoms with Crippen LogP contribution in [-0.4, -0.2) is 38.1 Å². The van der Waals surface area contributed by atoms with Gasteiger partial charge < -0.3 is 10.2 Å². The van der Waals surface area contributed by atoms with Gasteiger partial charge in [0.2, 0.25) is 0 Å². The van der Waals surface area contributed by atoms with Crippen molar-refractivity contribution >= 4 is 0 Å². The lowest BCUT2D eigenvalue weighted by molar-refractivity contribution is 0.277. The highest BCUT2D eigenvalue weighted by Gasteiger charge is 2.19. The summed E-state index contributed by atoms with van der Waals surface area (Å²) in [6, 6.07) is 0.818. The molecule has 0 aromatic heterocycles. The highest BCUT2D eigenvalue weighted by atomic mass is 15.0. The van der Waals surface area contributed by atoms with Gasteiger partial charge in [0, 0.05) is 6.04 Å². The van der Waals surface area contributed by atoms with Gasteiger partial charge >= 0.3 is 0 Å². The van der Waals surface area contributed by atoms with Crippen LogP contribution in [-0.2, 0) is 0 Å². The minimum absolute atomic E-state index is 0.818. The van der Waals surface area contributed by atoms with Gasteiger partial charge in [0.1, 0.15) is 0 Å². The Kier molecular flexibility index (Phi) is 7.06. The maximum absolute atomic E-state index is 3.74. The molecule has 2 heteroatoms. The minimum atomic E-state index is 0.818. The molecule has 0 aliphatic heterocycles. The van der Waals surface area contributed by atoms with Crippen LogP contribution in [0.5, 0.6) is 0 Å². The molecule has 0 radical (unpaired) electrons. The topological polar surface area (TPSA) is 15.3 Å². The summed E-state index contributed by atoms with van der Waals surface area (Å²) >= 11 is 0. The van der Waals surface area contributed by atoms with E-state index in [4.69, 9.17) is 0 Å². The van der Waals surface area contributed by atoms with Crippen LogP contribution in [0.25, 0.3) is 0 Å². The van der Waals surface area contributed by atoms with Crippen molar-refractivity contribution in [1.82, 2.24) is 10.2 Å². The number of hydrogen-bond acceptors (Lipinski definition) is 2. The van der Waals surface area contributed by atoms with Crippen LogP contribution in [0.3, 0.4) is 0 Å². The third-order valence-corrected chi connectivity index (χ3v) is 3.83. The molecule has 0 bridgehead atoms. The van der Waals surface area contributed by atoms with Crippen LogP contribution >= 0.6 is 0 Å². The fourth-order valence-corrected chi connectivity index (χ4v) is 2.71. The van der Waals surface area contributed by atoms with Crippen LogP contribution < -0.4 is 5.32 Å². The first-order valence-electron chi connectivity index (χ1n) is 7.10. The van der Waals surface area contributed by atoms with Crippen LogP contribution in [0.15, 0.2) is 0 Å². The average molecular weight is 226 g/mol. The van der Waals surface area contributed by atoms with Crippen molar-refractivity contribution in [2.45, 2.75) is 57.9 Å². The predicted molar refractivity (Wildman–Crippen MR) is 71.8 cm³/mol. The molecule has 96 valence electrons. The summed E-state index contributed by atoms with van der Waals surface area (Å²) in [6.07, 6.45) is 9.76. The quantitative estimate of drug-likeness (QED) is 0.672. The fraction of sp³-hybridized carbons (Fsp3) is 1.00. The molecule has 1 N–H and O–H groups in total. The third kappa shape index (κ3) is 5.86. The lowest BCUT2D eigenvalue weighted by Crippen LogP contribution is -2.34. The van der Waals surface area contributed by atoms with E-state index >= 15 is 0 Å². The zero-order valence-corrected chi connectivity index (χ0v) is 11.5. The Morgan fingerprint density at radius 1 is 1.19 bits per heavy atom. The van der Waals surface area contributed by atoms with Crippen molar-refractivity contribution in [2.24, 2.45) is 5.92 Å². The second-order valence-electron chi connectivity index (χ2n) is 5.60. The fourth-order valence-electron chi connectivity index (χ4n) is 2.71. The zero-order chi connectivity index (χ0) is 11.8. The van der Waals surface area contributed by atoms with Gasteiger partial charge in [-0.1, -0.05) is 26.2 Å². The van der Waals surface area contributed by atoms with Gasteiger partial charge in [0.25, 0.3) is 0 Å². The van der Waals surface area contributed by atoms with E-state index in [1.54, 1.807) is 0 Å². The molecule has 0 aromatic carbocycles. The first kappa shape index (κ1) is 14.0. The van der Waals surface area contributed by atoms with Crippen molar-refractivity contribution in [3.8, 4) is 0 Å². The number of nitrogens with zero attached hydrogens (tertiary/aromatic N) is 1. The molecule has 1 aliphatic rings. The first-order valence-corrected chi connectivity index (χ1v) is 7.10. The van der Waals surface area contributed by atoms with E-state index in [1.807, 2.05) is 0 Å². The Balaban J connectivity index is 1.99. The molecule has 16 heavy (non-hydrogen) atoms. The highest BCUT2D eigenvalue weighted by Crippen LogP contribution is 2.26. The van der Waals surface area contributed by atoms with E-state index in [-0.39, 0.29) is 0 Å². The number of nitrogens with one attached hydrogen (secondary N) is 1. The molecular formula is C14H30N2. The van der Waals surface area contributed by atoms with Crippen LogP contribution in [0, 0.1) is 5.92 Å². The van der Waals surface area contributed by atoms with Crippen LogP contribution in [0.4, 0.5) is 0 Å². The number of rotatable bonds is 7. The van der Waals surface area contributed by atoms with Crippen molar-refractivity contribution in [3.63, 3.8) is 0 Å². The lowest BCUT2D eigenvalue weighted by atomic mass is 9.84. The van der Waals surface area contributed by atoms with Gasteiger partial charge in [-0.05, 0) is 58.8 Å². The number of unbranched alkanes of at least 4 members (excludes halogenated alkanes) is 1. The summed E-state index contributed by atoms with van der Waals surface area (Å²) in [5, 5.41) is 3.74. The van der Waals surface area contributed by atoms with Crippen molar-refractivity contribution in [1.29, 1.82) is 0 Å². The average Bonchev–Trinajstić information content (AvgIpc) is 2.28. The van der Waals surface area contributed by atoms with Gasteiger partial charge in [0.05, 0.1) is 0 Å². The third-order valence-electron chi connectivity index (χ3n) is 3.83. The van der Waals surface area contributed by atoms with E-state index < -0.39 is 0 Å². The zero-order valence-electron chi connectivity index (χ0n) is 11.5. The van der Waals surface area contributed by atoms with Gasteiger partial charge in [-0.3, -0.25) is 0 Å². The molecule has 1 saturated carbocycles. The van der Waals surface area contributed by atoms with Crippen molar-refractivity contribution < 1.29 is 0 Å². The Morgan fingerprint density at radius 2 is 2.00 bits per heavy atom. The Morgan fingerprint density at radius 3 is 2.69 bits per heavy atom. The molecule has 0 heterocycles. The van der Waals surface area contributed by atoms with Crippen LogP contribution in [0.1, 0.15) is 51.9 Å². The van der Waals surface area contributed by atoms with Crippen molar-refractivity contribution in [3.05, 3.63) is 0 Å². The van der Waals surface area contributed by atoms with Gasteiger partial charge in [-0.2, -0.15) is 0 Å². The monoisotopic (exact) mass is 226 g/mol. The molecule has 1 fully saturated rings. The smallest absolute Gasteiger partial charge is 0.00697 e. The summed E-state index contributed by atoms with van der Waals surface area (Å²) in [6.45, 7) is 4.78. The molecule has 2 atom stereocenters. The van der Waals surface area contributed by atoms with Gasteiger partial charge in [-0.15, -0.1) is 0 Å². The van der Waals surface area contributed by atoms with Crippen molar-refractivity contribution in [2.75, 3.05) is 27.2 Å². The summed E-state index contributed by atoms with van der Waals surface area (Å²) < 4.78 is 0. The normalized spacial score (nSPS) is 26.2. The largest absolute Gasteiger partial charge is 0.314 e. The summed E-state index contributed by atoms with van der Waals surface area (Å²) in [4.78, 5) is 2.27. The minimum Gasteiger partial charge on any atom is -0.314 e. The van der Waals surface area contributed by atoms with E-state index in [1.165, 1.54) is 58.0 Å². The second-order valence-corrected chi connectivity index (χ2v) is 5.60. The summed E-state index contributed by atoms with van der Waals surface area (Å²) in [7, 11) is 4.31. The standard InChI is InChI=1S/C14H30N2/c1-4-13-8-7-9-14(12-13)15-10-5-6-11-16(2)3/h13-15H,4-12H2,1-3H3. The van der Waals surface area contributed by atoms with E-state index in [9.17, 15) is 0 Å². The SMILES string of the molecule is CCC1CCCC(NCCCCN(C)C)C1. The molecular weight excluding hydrogens is 196 g/mol. The Labute approximate surface area is 102 Å². The summed E-state index contributed by atoms with van der Waals surface area (Å²) in [5.41, 5.74) is 0. The highest BCUT2D eigenvalue weighted by molar-refractivity contribution is 4.77. The summed E-state index contributed by atoms with van der Waals surface area (Å²) in [5.74, 6) is 0.994. The maximum atomic E-state index is 3.74.